The first kappa shape index (κ1) is 43.9. The van der Waals surface area contributed by atoms with E-state index < -0.39 is 42.1 Å². The van der Waals surface area contributed by atoms with Gasteiger partial charge in [0.15, 0.2) is 11.6 Å². The molecule has 0 aliphatic rings. The van der Waals surface area contributed by atoms with Gasteiger partial charge in [-0.25, -0.2) is 0 Å². The van der Waals surface area contributed by atoms with Crippen LogP contribution in [0, 0.1) is 5.92 Å². The second-order valence-corrected chi connectivity index (χ2v) is 13.7. The molecule has 0 aromatic carbocycles. The average Bonchev–Trinajstić information content (AvgIpc) is 3.05. The minimum absolute atomic E-state index is 0.123. The summed E-state index contributed by atoms with van der Waals surface area (Å²) >= 11 is 0. The average molecular weight is 639 g/mol. The predicted octanol–water partition coefficient (Wildman–Crippen LogP) is 9.77. The maximum Gasteiger partial charge on any atom is 0.208 e. The van der Waals surface area contributed by atoms with Crippen molar-refractivity contribution in [3.63, 3.8) is 0 Å². The van der Waals surface area contributed by atoms with Crippen molar-refractivity contribution < 1.29 is 29.7 Å². The summed E-state index contributed by atoms with van der Waals surface area (Å²) in [5.41, 5.74) is 0. The maximum atomic E-state index is 13.0. The Hall–Kier alpha value is -1.11. The highest BCUT2D eigenvalue weighted by molar-refractivity contribution is 6.41. The van der Waals surface area contributed by atoms with Gasteiger partial charge in [-0.1, -0.05) is 187 Å². The fourth-order valence-electron chi connectivity index (χ4n) is 6.24. The highest BCUT2D eigenvalue weighted by Gasteiger charge is 2.36. The summed E-state index contributed by atoms with van der Waals surface area (Å²) in [5, 5.41) is 29.1. The van der Waals surface area contributed by atoms with Crippen LogP contribution in [0.3, 0.4) is 0 Å². The SMILES string of the molecule is CCCCCCCCCCCCCCCCC(=O)C(=O)C(CCCCCCCCCCCCCCCC)C(=O)C(O)C(O)CO. The first-order chi connectivity index (χ1) is 21.9. The maximum absolute atomic E-state index is 13.0. The molecule has 0 aliphatic heterocycles. The van der Waals surface area contributed by atoms with E-state index in [2.05, 4.69) is 13.8 Å². The number of Topliss-reactive ketones (excluding diaryl/α,β-unsaturated/α-hetero) is 3. The van der Waals surface area contributed by atoms with Crippen LogP contribution in [0.4, 0.5) is 0 Å². The Morgan fingerprint density at radius 2 is 0.778 bits per heavy atom. The van der Waals surface area contributed by atoms with Gasteiger partial charge in [0.1, 0.15) is 12.2 Å². The Labute approximate surface area is 277 Å². The zero-order valence-corrected chi connectivity index (χ0v) is 29.7. The Bertz CT molecular complexity index is 693. The minimum atomic E-state index is -1.86. The topological polar surface area (TPSA) is 112 Å². The molecule has 0 aromatic rings. The summed E-state index contributed by atoms with van der Waals surface area (Å²) in [7, 11) is 0. The molecule has 3 unspecified atom stereocenters. The van der Waals surface area contributed by atoms with Crippen molar-refractivity contribution in [1.82, 2.24) is 0 Å². The third kappa shape index (κ3) is 25.6. The van der Waals surface area contributed by atoms with E-state index in [1.807, 2.05) is 0 Å². The summed E-state index contributed by atoms with van der Waals surface area (Å²) in [6.45, 7) is 3.72. The fraction of sp³-hybridized carbons (Fsp3) is 0.923. The third-order valence-corrected chi connectivity index (χ3v) is 9.38. The normalized spacial score (nSPS) is 13.5. The van der Waals surface area contributed by atoms with E-state index in [-0.39, 0.29) is 12.8 Å². The first-order valence-electron chi connectivity index (χ1n) is 19.5. The lowest BCUT2D eigenvalue weighted by Crippen LogP contribution is -2.43. The van der Waals surface area contributed by atoms with Gasteiger partial charge in [-0.2, -0.15) is 0 Å². The number of ketones is 3. The molecular weight excluding hydrogens is 564 g/mol. The second kappa shape index (κ2) is 32.8. The lowest BCUT2D eigenvalue weighted by molar-refractivity contribution is -0.148. The van der Waals surface area contributed by atoms with Crippen LogP contribution in [0.15, 0.2) is 0 Å². The number of unbranched alkanes of at least 4 members (excludes halogenated alkanes) is 26. The van der Waals surface area contributed by atoms with Gasteiger partial charge < -0.3 is 15.3 Å². The smallest absolute Gasteiger partial charge is 0.208 e. The summed E-state index contributed by atoms with van der Waals surface area (Å²) in [6.07, 6.45) is 30.4. The highest BCUT2D eigenvalue weighted by atomic mass is 16.4. The molecule has 0 fully saturated rings. The highest BCUT2D eigenvalue weighted by Crippen LogP contribution is 2.20. The lowest BCUT2D eigenvalue weighted by Gasteiger charge is -2.20. The number of carbonyl (C=O) groups excluding carboxylic acids is 3. The summed E-state index contributed by atoms with van der Waals surface area (Å²) in [5.74, 6) is -3.37. The van der Waals surface area contributed by atoms with Gasteiger partial charge >= 0.3 is 0 Å². The van der Waals surface area contributed by atoms with Crippen LogP contribution in [-0.2, 0) is 14.4 Å². The first-order valence-corrected chi connectivity index (χ1v) is 19.5. The van der Waals surface area contributed by atoms with Crippen LogP contribution in [0.25, 0.3) is 0 Å². The molecule has 0 spiro atoms. The molecule has 0 bridgehead atoms. The molecule has 0 radical (unpaired) electrons. The molecule has 6 heteroatoms. The summed E-state index contributed by atoms with van der Waals surface area (Å²) in [6, 6.07) is 0. The van der Waals surface area contributed by atoms with Crippen molar-refractivity contribution in [2.45, 2.75) is 219 Å². The number of hydrogen-bond donors (Lipinski definition) is 3. The van der Waals surface area contributed by atoms with Crippen molar-refractivity contribution in [1.29, 1.82) is 0 Å². The second-order valence-electron chi connectivity index (χ2n) is 13.7. The zero-order chi connectivity index (χ0) is 33.4. The zero-order valence-electron chi connectivity index (χ0n) is 29.7. The van der Waals surface area contributed by atoms with Gasteiger partial charge in [0.25, 0.3) is 0 Å². The molecule has 0 saturated carbocycles. The van der Waals surface area contributed by atoms with Crippen LogP contribution < -0.4 is 0 Å². The molecule has 3 atom stereocenters. The molecule has 0 rings (SSSR count). The van der Waals surface area contributed by atoms with Crippen molar-refractivity contribution in [3.8, 4) is 0 Å². The molecule has 3 N–H and O–H groups in total. The van der Waals surface area contributed by atoms with E-state index in [4.69, 9.17) is 0 Å². The van der Waals surface area contributed by atoms with Crippen molar-refractivity contribution in [2.75, 3.05) is 6.61 Å². The van der Waals surface area contributed by atoms with Gasteiger partial charge in [-0.15, -0.1) is 0 Å². The molecule has 0 amide bonds. The molecule has 0 heterocycles. The van der Waals surface area contributed by atoms with Crippen LogP contribution >= 0.6 is 0 Å². The third-order valence-electron chi connectivity index (χ3n) is 9.38. The Morgan fingerprint density at radius 1 is 0.467 bits per heavy atom. The van der Waals surface area contributed by atoms with Gasteiger partial charge in [0.05, 0.1) is 12.5 Å². The van der Waals surface area contributed by atoms with E-state index in [0.717, 1.165) is 38.5 Å². The monoisotopic (exact) mass is 639 g/mol. The molecule has 0 aromatic heterocycles. The van der Waals surface area contributed by atoms with E-state index in [1.54, 1.807) is 0 Å². The number of aliphatic hydroxyl groups is 3. The molecule has 266 valence electrons. The van der Waals surface area contributed by atoms with E-state index >= 15 is 0 Å². The molecule has 6 nitrogen and oxygen atoms in total. The van der Waals surface area contributed by atoms with Crippen LogP contribution in [0.2, 0.25) is 0 Å². The predicted molar refractivity (Wildman–Crippen MR) is 187 cm³/mol. The van der Waals surface area contributed by atoms with Crippen molar-refractivity contribution in [2.24, 2.45) is 5.92 Å². The Balaban J connectivity index is 4.22. The standard InChI is InChI=1S/C39H74O6/c1-3-5-7-9-11-13-15-17-19-21-23-25-27-29-31-34(38(44)39(45)36(42)33-40)37(43)35(41)32-30-28-26-24-22-20-18-16-14-12-10-8-6-4-2/h34,36,39-40,42,45H,3-33H2,1-2H3. The van der Waals surface area contributed by atoms with Gasteiger partial charge in [0, 0.05) is 6.42 Å². The quantitative estimate of drug-likeness (QED) is 0.0358. The fourth-order valence-corrected chi connectivity index (χ4v) is 6.24. The van der Waals surface area contributed by atoms with Gasteiger partial charge in [-0.3, -0.25) is 14.4 Å². The number of rotatable bonds is 36. The van der Waals surface area contributed by atoms with Gasteiger partial charge in [-0.05, 0) is 12.8 Å². The number of hydrogen-bond acceptors (Lipinski definition) is 6. The van der Waals surface area contributed by atoms with E-state index in [1.165, 1.54) is 128 Å². The molecule has 45 heavy (non-hydrogen) atoms. The van der Waals surface area contributed by atoms with Crippen LogP contribution in [0.5, 0.6) is 0 Å². The molecule has 0 aliphatic carbocycles. The largest absolute Gasteiger partial charge is 0.394 e. The van der Waals surface area contributed by atoms with E-state index in [0.29, 0.717) is 12.8 Å². The van der Waals surface area contributed by atoms with Crippen LogP contribution in [-0.4, -0.2) is 51.5 Å². The van der Waals surface area contributed by atoms with Crippen molar-refractivity contribution >= 4 is 17.3 Å². The Kier molecular flexibility index (Phi) is 32.0. The van der Waals surface area contributed by atoms with Crippen molar-refractivity contribution in [3.05, 3.63) is 0 Å². The summed E-state index contributed by atoms with van der Waals surface area (Å²) in [4.78, 5) is 38.6. The van der Waals surface area contributed by atoms with Crippen LogP contribution in [0.1, 0.15) is 206 Å². The van der Waals surface area contributed by atoms with Gasteiger partial charge in [0.2, 0.25) is 5.78 Å². The lowest BCUT2D eigenvalue weighted by atomic mass is 9.85. The van der Waals surface area contributed by atoms with E-state index in [9.17, 15) is 29.7 Å². The molecular formula is C39H74O6. The summed E-state index contributed by atoms with van der Waals surface area (Å²) < 4.78 is 0. The number of aliphatic hydroxyl groups excluding tert-OH is 3. The number of carbonyl (C=O) groups is 3. The Morgan fingerprint density at radius 3 is 1.11 bits per heavy atom. The molecule has 0 saturated heterocycles. The minimum Gasteiger partial charge on any atom is -0.394 e.